The molecule has 0 saturated carbocycles. The van der Waals surface area contributed by atoms with Crippen LogP contribution >= 0.6 is 48.6 Å². The molecule has 0 aromatic heterocycles. The molecule has 2 atom stereocenters. The van der Waals surface area contributed by atoms with Crippen molar-refractivity contribution in [3.05, 3.63) is 0 Å². The van der Waals surface area contributed by atoms with Gasteiger partial charge in [-0.2, -0.15) is 27.0 Å². The minimum atomic E-state index is -1.07. The van der Waals surface area contributed by atoms with Crippen molar-refractivity contribution >= 4 is 60.5 Å². The Bertz CT molecular complexity index is 197. The van der Waals surface area contributed by atoms with Gasteiger partial charge in [-0.15, -0.1) is 0 Å². The Morgan fingerprint density at radius 3 is 1.38 bits per heavy atom. The Morgan fingerprint density at radius 1 is 0.938 bits per heavy atom. The summed E-state index contributed by atoms with van der Waals surface area (Å²) in [6.07, 6.45) is 0. The summed E-state index contributed by atoms with van der Waals surface area (Å²) in [5.74, 6) is -1.68. The Hall–Kier alpha value is 0.260. The third kappa shape index (κ3) is 10.8. The third-order valence-electron chi connectivity index (χ3n) is 1.21. The van der Waals surface area contributed by atoms with Crippen LogP contribution < -0.4 is 11.5 Å². The van der Waals surface area contributed by atoms with Crippen LogP contribution in [0.25, 0.3) is 0 Å². The molecule has 16 heavy (non-hydrogen) atoms. The molecule has 0 aliphatic carbocycles. The topological polar surface area (TPSA) is 127 Å². The summed E-state index contributed by atoms with van der Waals surface area (Å²) < 4.78 is 0. The van der Waals surface area contributed by atoms with Crippen LogP contribution in [0.5, 0.6) is 0 Å². The lowest BCUT2D eigenvalue weighted by Crippen LogP contribution is -2.33. The highest BCUT2D eigenvalue weighted by molar-refractivity contribution is 8.76. The van der Waals surface area contributed by atoms with Crippen molar-refractivity contribution < 1.29 is 19.8 Å². The molecule has 6 nitrogen and oxygen atoms in total. The van der Waals surface area contributed by atoms with Gasteiger partial charge in [0.1, 0.15) is 12.1 Å². The number of rotatable bonds is 7. The second kappa shape index (κ2) is 11.7. The van der Waals surface area contributed by atoms with Crippen LogP contribution in [0.15, 0.2) is 0 Å². The van der Waals surface area contributed by atoms with Gasteiger partial charge in [0.15, 0.2) is 0 Å². The van der Waals surface area contributed by atoms with Crippen LogP contribution in [0.3, 0.4) is 0 Å². The summed E-state index contributed by atoms with van der Waals surface area (Å²) in [7, 11) is 2.41. The normalized spacial score (nSPS) is 12.9. The number of carboxylic acids is 2. The first-order valence-corrected chi connectivity index (χ1v) is 6.15. The fraction of sp³-hybridized carbons (Fsp3) is 0.667. The molecule has 0 radical (unpaired) electrons. The van der Waals surface area contributed by atoms with Gasteiger partial charge in [-0.3, -0.25) is 9.59 Å². The molecule has 0 fully saturated rings. The van der Waals surface area contributed by atoms with Gasteiger partial charge >= 0.3 is 11.9 Å². The van der Waals surface area contributed by atoms with Crippen LogP contribution in [-0.4, -0.2) is 45.7 Å². The van der Waals surface area contributed by atoms with Crippen molar-refractivity contribution in [2.45, 2.75) is 12.1 Å². The van der Waals surface area contributed by atoms with Gasteiger partial charge in [0.25, 0.3) is 0 Å². The number of carboxylic acid groups (broad SMARTS) is 2. The third-order valence-corrected chi connectivity index (χ3v) is 3.69. The largest absolute Gasteiger partial charge is 0.480 e. The molecule has 0 rings (SSSR count). The first kappa shape index (κ1) is 21.5. The molecule has 0 amide bonds. The standard InChI is InChI=1S/C6H12N2O4S2.2H2S/c7-3(5(9)10)1-13-14-2-4(8)6(11)12;;/h3-4H,1-2,7-8H2,(H,9,10)(H,11,12);2*1H2. The van der Waals surface area contributed by atoms with Crippen molar-refractivity contribution in [3.63, 3.8) is 0 Å². The van der Waals surface area contributed by atoms with Gasteiger partial charge in [-0.05, 0) is 0 Å². The zero-order valence-electron chi connectivity index (χ0n) is 8.25. The van der Waals surface area contributed by atoms with E-state index in [4.69, 9.17) is 21.7 Å². The second-order valence-corrected chi connectivity index (χ2v) is 5.01. The molecule has 0 bridgehead atoms. The summed E-state index contributed by atoms with van der Waals surface area (Å²) in [5, 5.41) is 16.8. The SMILES string of the molecule is NC(CSSCC(N)C(=O)O)C(=O)O.S.S. The van der Waals surface area contributed by atoms with Gasteiger partial charge in [0.05, 0.1) is 0 Å². The van der Waals surface area contributed by atoms with E-state index < -0.39 is 24.0 Å². The number of aliphatic carboxylic acids is 2. The van der Waals surface area contributed by atoms with Crippen LogP contribution in [0.2, 0.25) is 0 Å². The van der Waals surface area contributed by atoms with Crippen molar-refractivity contribution in [1.29, 1.82) is 0 Å². The van der Waals surface area contributed by atoms with E-state index in [0.717, 1.165) is 0 Å². The maximum Gasteiger partial charge on any atom is 0.321 e. The van der Waals surface area contributed by atoms with Gasteiger partial charge in [-0.25, -0.2) is 0 Å². The summed E-state index contributed by atoms with van der Waals surface area (Å²) in [5.41, 5.74) is 10.4. The molecule has 0 saturated heterocycles. The smallest absolute Gasteiger partial charge is 0.321 e. The lowest BCUT2D eigenvalue weighted by molar-refractivity contribution is -0.138. The monoisotopic (exact) mass is 308 g/mol. The Morgan fingerprint density at radius 2 is 1.19 bits per heavy atom. The molecule has 2 unspecified atom stereocenters. The van der Waals surface area contributed by atoms with E-state index in [9.17, 15) is 9.59 Å². The van der Waals surface area contributed by atoms with Crippen LogP contribution in [-0.2, 0) is 9.59 Å². The Labute approximate surface area is 115 Å². The maximum absolute atomic E-state index is 10.3. The highest BCUT2D eigenvalue weighted by atomic mass is 33.1. The summed E-state index contributed by atoms with van der Waals surface area (Å²) in [6.45, 7) is 0. The molecule has 0 aliphatic rings. The first-order chi connectivity index (χ1) is 6.45. The number of hydrogen-bond donors (Lipinski definition) is 4. The first-order valence-electron chi connectivity index (χ1n) is 3.66. The molecule has 10 heteroatoms. The van der Waals surface area contributed by atoms with E-state index in [0.29, 0.717) is 0 Å². The predicted molar refractivity (Wildman–Crippen MR) is 76.9 cm³/mol. The quantitative estimate of drug-likeness (QED) is 0.363. The molecule has 0 spiro atoms. The molecule has 0 aromatic rings. The number of nitrogens with two attached hydrogens (primary N) is 2. The van der Waals surface area contributed by atoms with Gasteiger partial charge < -0.3 is 21.7 Å². The fourth-order valence-electron chi connectivity index (χ4n) is 0.385. The van der Waals surface area contributed by atoms with Crippen LogP contribution in [0.4, 0.5) is 0 Å². The van der Waals surface area contributed by atoms with Crippen LogP contribution in [0, 0.1) is 0 Å². The lowest BCUT2D eigenvalue weighted by atomic mass is 10.4. The molecule has 98 valence electrons. The fourth-order valence-corrected chi connectivity index (χ4v) is 2.61. The molecule has 0 aromatic carbocycles. The van der Waals surface area contributed by atoms with E-state index >= 15 is 0 Å². The number of hydrogen-bond acceptors (Lipinski definition) is 6. The van der Waals surface area contributed by atoms with E-state index in [1.165, 1.54) is 21.6 Å². The van der Waals surface area contributed by atoms with Gasteiger partial charge in [0.2, 0.25) is 0 Å². The van der Waals surface area contributed by atoms with Crippen molar-refractivity contribution in [2.24, 2.45) is 11.5 Å². The van der Waals surface area contributed by atoms with Crippen molar-refractivity contribution in [3.8, 4) is 0 Å². The predicted octanol–water partition coefficient (Wildman–Crippen LogP) is -0.583. The molecule has 0 heterocycles. The summed E-state index contributed by atoms with van der Waals surface area (Å²) in [4.78, 5) is 20.5. The van der Waals surface area contributed by atoms with Gasteiger partial charge in [-0.1, -0.05) is 21.6 Å². The van der Waals surface area contributed by atoms with E-state index in [1.807, 2.05) is 0 Å². The molecule has 0 aliphatic heterocycles. The van der Waals surface area contributed by atoms with Gasteiger partial charge in [0, 0.05) is 11.5 Å². The minimum absolute atomic E-state index is 0. The lowest BCUT2D eigenvalue weighted by Gasteiger charge is -2.07. The Kier molecular flexibility index (Phi) is 15.8. The summed E-state index contributed by atoms with van der Waals surface area (Å²) in [6, 6.07) is -1.85. The Balaban J connectivity index is -0.000000845. The van der Waals surface area contributed by atoms with E-state index in [-0.39, 0.29) is 38.5 Å². The zero-order chi connectivity index (χ0) is 11.1. The summed E-state index contributed by atoms with van der Waals surface area (Å²) >= 11 is 0. The molecular weight excluding hydrogens is 292 g/mol. The van der Waals surface area contributed by atoms with Crippen molar-refractivity contribution in [1.82, 2.24) is 0 Å². The zero-order valence-corrected chi connectivity index (χ0v) is 11.9. The average molecular weight is 308 g/mol. The van der Waals surface area contributed by atoms with Crippen molar-refractivity contribution in [2.75, 3.05) is 11.5 Å². The van der Waals surface area contributed by atoms with E-state index in [1.54, 1.807) is 0 Å². The van der Waals surface area contributed by atoms with Crippen LogP contribution in [0.1, 0.15) is 0 Å². The highest BCUT2D eigenvalue weighted by Crippen LogP contribution is 2.22. The molecular formula is C6H16N2O4S4. The molecule has 6 N–H and O–H groups in total. The second-order valence-electron chi connectivity index (χ2n) is 2.46. The number of carbonyl (C=O) groups is 2. The highest BCUT2D eigenvalue weighted by Gasteiger charge is 2.14. The maximum atomic E-state index is 10.3. The average Bonchev–Trinajstić information content (AvgIpc) is 2.11. The minimum Gasteiger partial charge on any atom is -0.480 e. The van der Waals surface area contributed by atoms with E-state index in [2.05, 4.69) is 0 Å².